The lowest BCUT2D eigenvalue weighted by molar-refractivity contribution is -0.0116. The van der Waals surface area contributed by atoms with E-state index in [1.54, 1.807) is 7.11 Å². The van der Waals surface area contributed by atoms with Crippen molar-refractivity contribution in [3.63, 3.8) is 0 Å². The van der Waals surface area contributed by atoms with Gasteiger partial charge in [-0.2, -0.15) is 0 Å². The first-order valence-electron chi connectivity index (χ1n) is 7.22. The zero-order valence-corrected chi connectivity index (χ0v) is 11.1. The van der Waals surface area contributed by atoms with Crippen LogP contribution < -0.4 is 5.32 Å². The first-order valence-corrected chi connectivity index (χ1v) is 7.22. The van der Waals surface area contributed by atoms with Crippen LogP contribution in [-0.4, -0.2) is 36.5 Å². The summed E-state index contributed by atoms with van der Waals surface area (Å²) in [5, 5.41) is 14.0. The van der Waals surface area contributed by atoms with Gasteiger partial charge in [-0.1, -0.05) is 32.1 Å². The van der Waals surface area contributed by atoms with Gasteiger partial charge in [0.15, 0.2) is 0 Å². The second kappa shape index (κ2) is 6.17. The molecule has 0 heterocycles. The smallest absolute Gasteiger partial charge is 0.0771 e. The molecule has 0 aromatic carbocycles. The van der Waals surface area contributed by atoms with Gasteiger partial charge in [-0.05, 0) is 25.7 Å². The highest BCUT2D eigenvalue weighted by atomic mass is 16.5. The van der Waals surface area contributed by atoms with E-state index in [2.05, 4.69) is 5.32 Å². The molecule has 2 fully saturated rings. The molecule has 0 bridgehead atoms. The van der Waals surface area contributed by atoms with Crippen LogP contribution in [0.2, 0.25) is 0 Å². The van der Waals surface area contributed by atoms with E-state index in [1.165, 1.54) is 38.5 Å². The molecule has 2 aliphatic rings. The number of aliphatic hydroxyl groups is 1. The van der Waals surface area contributed by atoms with Gasteiger partial charge < -0.3 is 15.2 Å². The van der Waals surface area contributed by atoms with Crippen LogP contribution in [-0.2, 0) is 4.74 Å². The molecule has 100 valence electrons. The van der Waals surface area contributed by atoms with Crippen molar-refractivity contribution in [3.8, 4) is 0 Å². The lowest BCUT2D eigenvalue weighted by atomic mass is 9.84. The average molecular weight is 241 g/mol. The third kappa shape index (κ3) is 3.67. The van der Waals surface area contributed by atoms with Gasteiger partial charge in [0.2, 0.25) is 0 Å². The molecule has 17 heavy (non-hydrogen) atoms. The van der Waals surface area contributed by atoms with E-state index in [1.807, 2.05) is 0 Å². The van der Waals surface area contributed by atoms with Crippen molar-refractivity contribution in [2.45, 2.75) is 75.5 Å². The fraction of sp³-hybridized carbons (Fsp3) is 1.00. The fourth-order valence-electron chi connectivity index (χ4n) is 3.32. The van der Waals surface area contributed by atoms with Gasteiger partial charge in [-0.25, -0.2) is 0 Å². The van der Waals surface area contributed by atoms with Gasteiger partial charge in [0.1, 0.15) is 0 Å². The summed E-state index contributed by atoms with van der Waals surface area (Å²) < 4.78 is 5.53. The van der Waals surface area contributed by atoms with Crippen LogP contribution in [0.1, 0.15) is 57.8 Å². The zero-order valence-electron chi connectivity index (χ0n) is 11.1. The molecule has 2 saturated carbocycles. The minimum atomic E-state index is -0.450. The summed E-state index contributed by atoms with van der Waals surface area (Å²) >= 11 is 0. The van der Waals surface area contributed by atoms with E-state index in [0.29, 0.717) is 12.1 Å². The number of ether oxygens (including phenoxy) is 1. The van der Waals surface area contributed by atoms with Crippen molar-refractivity contribution < 1.29 is 9.84 Å². The molecule has 3 nitrogen and oxygen atoms in total. The molecule has 0 radical (unpaired) electrons. The Bertz CT molecular complexity index is 226. The Morgan fingerprint density at radius 1 is 1.12 bits per heavy atom. The van der Waals surface area contributed by atoms with Crippen LogP contribution in [0, 0.1) is 0 Å². The van der Waals surface area contributed by atoms with Crippen molar-refractivity contribution in [2.24, 2.45) is 0 Å². The summed E-state index contributed by atoms with van der Waals surface area (Å²) in [7, 11) is 1.81. The maximum atomic E-state index is 10.5. The Labute approximate surface area is 105 Å². The second-order valence-electron chi connectivity index (χ2n) is 5.83. The van der Waals surface area contributed by atoms with E-state index in [0.717, 1.165) is 25.8 Å². The van der Waals surface area contributed by atoms with Crippen LogP contribution in [0.5, 0.6) is 0 Å². The molecular formula is C14H27NO2. The largest absolute Gasteiger partial charge is 0.389 e. The first kappa shape index (κ1) is 13.3. The maximum absolute atomic E-state index is 10.5. The van der Waals surface area contributed by atoms with E-state index >= 15 is 0 Å². The molecule has 2 atom stereocenters. The van der Waals surface area contributed by atoms with Crippen molar-refractivity contribution in [1.82, 2.24) is 5.32 Å². The Hall–Kier alpha value is -0.120. The highest BCUT2D eigenvalue weighted by Crippen LogP contribution is 2.28. The van der Waals surface area contributed by atoms with Gasteiger partial charge in [0, 0.05) is 19.7 Å². The Morgan fingerprint density at radius 3 is 2.53 bits per heavy atom. The summed E-state index contributed by atoms with van der Waals surface area (Å²) in [5.41, 5.74) is -0.450. The number of methoxy groups -OCH3 is 1. The van der Waals surface area contributed by atoms with Gasteiger partial charge in [-0.3, -0.25) is 0 Å². The SMILES string of the molecule is COC1CCCCC1NCC1(O)CCCCC1. The Balaban J connectivity index is 1.79. The summed E-state index contributed by atoms with van der Waals surface area (Å²) in [4.78, 5) is 0. The predicted molar refractivity (Wildman–Crippen MR) is 69.1 cm³/mol. The van der Waals surface area contributed by atoms with Crippen molar-refractivity contribution >= 4 is 0 Å². The standard InChI is InChI=1S/C14H27NO2/c1-17-13-8-4-3-7-12(13)15-11-14(16)9-5-2-6-10-14/h12-13,15-16H,2-11H2,1H3. The molecule has 0 aliphatic heterocycles. The average Bonchev–Trinajstić information content (AvgIpc) is 2.38. The van der Waals surface area contributed by atoms with Crippen LogP contribution in [0.4, 0.5) is 0 Å². The predicted octanol–water partition coefficient (Wildman–Crippen LogP) is 2.23. The molecule has 3 heteroatoms. The van der Waals surface area contributed by atoms with E-state index in [4.69, 9.17) is 4.74 Å². The third-order valence-electron chi connectivity index (χ3n) is 4.48. The van der Waals surface area contributed by atoms with E-state index in [-0.39, 0.29) is 0 Å². The van der Waals surface area contributed by atoms with Gasteiger partial charge in [0.25, 0.3) is 0 Å². The first-order chi connectivity index (χ1) is 8.23. The number of nitrogens with one attached hydrogen (secondary N) is 1. The van der Waals surface area contributed by atoms with Gasteiger partial charge in [0.05, 0.1) is 11.7 Å². The Morgan fingerprint density at radius 2 is 1.82 bits per heavy atom. The Kier molecular flexibility index (Phi) is 4.83. The monoisotopic (exact) mass is 241 g/mol. The molecule has 0 aromatic heterocycles. The minimum absolute atomic E-state index is 0.343. The lowest BCUT2D eigenvalue weighted by Gasteiger charge is -2.37. The van der Waals surface area contributed by atoms with Crippen LogP contribution in [0.15, 0.2) is 0 Å². The lowest BCUT2D eigenvalue weighted by Crippen LogP contribution is -2.50. The molecule has 2 rings (SSSR count). The van der Waals surface area contributed by atoms with E-state index < -0.39 is 5.60 Å². The highest BCUT2D eigenvalue weighted by Gasteiger charge is 2.31. The quantitative estimate of drug-likeness (QED) is 0.793. The zero-order chi connectivity index (χ0) is 12.1. The highest BCUT2D eigenvalue weighted by molar-refractivity contribution is 4.89. The van der Waals surface area contributed by atoms with Crippen molar-refractivity contribution in [3.05, 3.63) is 0 Å². The summed E-state index contributed by atoms with van der Waals surface area (Å²) in [6.07, 6.45) is 10.8. The third-order valence-corrected chi connectivity index (χ3v) is 4.48. The maximum Gasteiger partial charge on any atom is 0.0771 e. The van der Waals surface area contributed by atoms with Gasteiger partial charge >= 0.3 is 0 Å². The molecular weight excluding hydrogens is 214 g/mol. The molecule has 2 N–H and O–H groups in total. The van der Waals surface area contributed by atoms with E-state index in [9.17, 15) is 5.11 Å². The summed E-state index contributed by atoms with van der Waals surface area (Å²) in [5.74, 6) is 0. The normalized spacial score (nSPS) is 33.5. The molecule has 0 spiro atoms. The number of hydrogen-bond acceptors (Lipinski definition) is 3. The van der Waals surface area contributed by atoms with Crippen LogP contribution in [0.25, 0.3) is 0 Å². The van der Waals surface area contributed by atoms with Crippen LogP contribution in [0.3, 0.4) is 0 Å². The summed E-state index contributed by atoms with van der Waals surface area (Å²) in [6.45, 7) is 0.748. The fourth-order valence-corrected chi connectivity index (χ4v) is 3.32. The van der Waals surface area contributed by atoms with Crippen LogP contribution >= 0.6 is 0 Å². The second-order valence-corrected chi connectivity index (χ2v) is 5.83. The number of hydrogen-bond donors (Lipinski definition) is 2. The number of rotatable bonds is 4. The summed E-state index contributed by atoms with van der Waals surface area (Å²) in [6, 6.07) is 0.444. The molecule has 0 aromatic rings. The minimum Gasteiger partial charge on any atom is -0.389 e. The van der Waals surface area contributed by atoms with Crippen molar-refractivity contribution in [2.75, 3.05) is 13.7 Å². The van der Waals surface area contributed by atoms with Crippen molar-refractivity contribution in [1.29, 1.82) is 0 Å². The topological polar surface area (TPSA) is 41.5 Å². The molecule has 0 amide bonds. The molecule has 2 aliphatic carbocycles. The van der Waals surface area contributed by atoms with Gasteiger partial charge in [-0.15, -0.1) is 0 Å². The molecule has 2 unspecified atom stereocenters. The molecule has 0 saturated heterocycles.